The molecule has 3 heterocycles. The van der Waals surface area contributed by atoms with Gasteiger partial charge in [0.2, 0.25) is 5.95 Å². The molecule has 0 saturated carbocycles. The minimum atomic E-state index is -4.46. The van der Waals surface area contributed by atoms with Gasteiger partial charge in [-0.3, -0.25) is 4.79 Å². The molecule has 3 N–H and O–H groups in total. The van der Waals surface area contributed by atoms with Crippen molar-refractivity contribution in [3.8, 4) is 0 Å². The van der Waals surface area contributed by atoms with E-state index in [0.717, 1.165) is 12.4 Å². The number of halogens is 3. The molecule has 0 bridgehead atoms. The number of ether oxygens (including phenoxy) is 1. The number of aliphatic hydroxyl groups excluding tert-OH is 1. The average Bonchev–Trinajstić information content (AvgIpc) is 3.06. The minimum Gasteiger partial charge on any atom is -0.392 e. The number of hydrogen-bond acceptors (Lipinski definition) is 7. The van der Waals surface area contributed by atoms with Crippen LogP contribution in [0.5, 0.6) is 0 Å². The van der Waals surface area contributed by atoms with Crippen molar-refractivity contribution in [3.63, 3.8) is 0 Å². The number of amides is 1. The molecular formula is C18H26F3N5O3. The fourth-order valence-corrected chi connectivity index (χ4v) is 3.57. The number of carbonyl (C=O) groups excluding carboxylic acids is 1. The lowest BCUT2D eigenvalue weighted by molar-refractivity contribution is -0.140. The van der Waals surface area contributed by atoms with E-state index in [1.54, 1.807) is 6.92 Å². The summed E-state index contributed by atoms with van der Waals surface area (Å²) in [6, 6.07) is -0.490. The van der Waals surface area contributed by atoms with Gasteiger partial charge in [-0.25, -0.2) is 9.97 Å². The molecule has 0 aliphatic carbocycles. The summed E-state index contributed by atoms with van der Waals surface area (Å²) in [5, 5.41) is 9.42. The van der Waals surface area contributed by atoms with E-state index in [-0.39, 0.29) is 24.5 Å². The molecule has 1 aromatic heterocycles. The topological polar surface area (TPSA) is 105 Å². The number of carbonyl (C=O) groups is 1. The Bertz CT molecular complexity index is 693. The molecule has 3 rings (SSSR count). The number of alkyl halides is 3. The van der Waals surface area contributed by atoms with Crippen LogP contribution in [-0.4, -0.2) is 76.4 Å². The number of likely N-dealkylation sites (tertiary alicyclic amines) is 1. The highest BCUT2D eigenvalue weighted by Crippen LogP contribution is 2.29. The summed E-state index contributed by atoms with van der Waals surface area (Å²) >= 11 is 0. The Labute approximate surface area is 166 Å². The maximum absolute atomic E-state index is 12.6. The van der Waals surface area contributed by atoms with Gasteiger partial charge in [-0.05, 0) is 19.8 Å². The van der Waals surface area contributed by atoms with Crippen LogP contribution in [-0.2, 0) is 15.7 Å². The SMILES string of the molecule is C[C@@H](O)[C@H](N)COC1CCN(C2CCN(c3ncc(C(F)(F)F)cn3)CC2)C1=O. The van der Waals surface area contributed by atoms with Crippen molar-refractivity contribution in [2.24, 2.45) is 5.73 Å². The summed E-state index contributed by atoms with van der Waals surface area (Å²) in [6.07, 6.45) is -2.20. The molecule has 2 saturated heterocycles. The van der Waals surface area contributed by atoms with Gasteiger partial charge in [-0.2, -0.15) is 13.2 Å². The predicted molar refractivity (Wildman–Crippen MR) is 98.0 cm³/mol. The molecule has 1 unspecified atom stereocenters. The number of piperidine rings is 1. The van der Waals surface area contributed by atoms with E-state index in [9.17, 15) is 23.1 Å². The van der Waals surface area contributed by atoms with Crippen molar-refractivity contribution < 1.29 is 27.8 Å². The fourth-order valence-electron chi connectivity index (χ4n) is 3.57. The smallest absolute Gasteiger partial charge is 0.392 e. The summed E-state index contributed by atoms with van der Waals surface area (Å²) in [5.74, 6) is 0.185. The Morgan fingerprint density at radius 3 is 2.41 bits per heavy atom. The van der Waals surface area contributed by atoms with E-state index in [0.29, 0.717) is 38.9 Å². The van der Waals surface area contributed by atoms with Crippen LogP contribution in [0, 0.1) is 0 Å². The monoisotopic (exact) mass is 417 g/mol. The predicted octanol–water partition coefficient (Wildman–Crippen LogP) is 0.790. The van der Waals surface area contributed by atoms with Gasteiger partial charge in [0.15, 0.2) is 0 Å². The second-order valence-electron chi connectivity index (χ2n) is 7.53. The van der Waals surface area contributed by atoms with Gasteiger partial charge in [-0.1, -0.05) is 0 Å². The summed E-state index contributed by atoms with van der Waals surface area (Å²) < 4.78 is 43.5. The van der Waals surface area contributed by atoms with Gasteiger partial charge < -0.3 is 25.4 Å². The van der Waals surface area contributed by atoms with Crippen molar-refractivity contribution in [1.29, 1.82) is 0 Å². The second kappa shape index (κ2) is 8.80. The van der Waals surface area contributed by atoms with Crippen LogP contribution in [0.4, 0.5) is 19.1 Å². The van der Waals surface area contributed by atoms with Gasteiger partial charge in [0.05, 0.1) is 24.3 Å². The van der Waals surface area contributed by atoms with Crippen LogP contribution in [0.15, 0.2) is 12.4 Å². The average molecular weight is 417 g/mol. The standard InChI is InChI=1S/C18H26F3N5O3/c1-11(27)14(22)10-29-15-4-7-26(16(15)28)13-2-5-25(6-3-13)17-23-8-12(9-24-17)18(19,20)21/h8-9,11,13-15,27H,2-7,10,22H2,1H3/t11-,14-,15?/m1/s1. The molecule has 162 valence electrons. The lowest BCUT2D eigenvalue weighted by atomic mass is 10.0. The van der Waals surface area contributed by atoms with Crippen molar-refractivity contribution in [3.05, 3.63) is 18.0 Å². The largest absolute Gasteiger partial charge is 0.419 e. The molecule has 1 amide bonds. The van der Waals surface area contributed by atoms with Crippen LogP contribution >= 0.6 is 0 Å². The van der Waals surface area contributed by atoms with Crippen molar-refractivity contribution in [1.82, 2.24) is 14.9 Å². The second-order valence-corrected chi connectivity index (χ2v) is 7.53. The van der Waals surface area contributed by atoms with Crippen LogP contribution < -0.4 is 10.6 Å². The number of rotatable bonds is 6. The van der Waals surface area contributed by atoms with Gasteiger partial charge in [0, 0.05) is 44.5 Å². The van der Waals surface area contributed by atoms with E-state index < -0.39 is 30.0 Å². The minimum absolute atomic E-state index is 0.0484. The molecule has 2 fully saturated rings. The van der Waals surface area contributed by atoms with Crippen molar-refractivity contribution in [2.75, 3.05) is 31.1 Å². The Hall–Kier alpha value is -1.98. The molecule has 8 nitrogen and oxygen atoms in total. The van der Waals surface area contributed by atoms with E-state index in [1.165, 1.54) is 0 Å². The first-order valence-corrected chi connectivity index (χ1v) is 9.66. The Morgan fingerprint density at radius 1 is 1.24 bits per heavy atom. The summed E-state index contributed by atoms with van der Waals surface area (Å²) in [6.45, 7) is 3.39. The molecule has 1 aromatic rings. The number of aliphatic hydroxyl groups is 1. The van der Waals surface area contributed by atoms with E-state index in [1.807, 2.05) is 9.80 Å². The van der Waals surface area contributed by atoms with Crippen LogP contribution in [0.3, 0.4) is 0 Å². The zero-order valence-electron chi connectivity index (χ0n) is 16.2. The summed E-state index contributed by atoms with van der Waals surface area (Å²) in [7, 11) is 0. The number of nitrogens with zero attached hydrogens (tertiary/aromatic N) is 4. The van der Waals surface area contributed by atoms with Gasteiger partial charge in [-0.15, -0.1) is 0 Å². The number of nitrogens with two attached hydrogens (primary N) is 1. The molecule has 0 aromatic carbocycles. The third-order valence-electron chi connectivity index (χ3n) is 5.45. The lowest BCUT2D eigenvalue weighted by Gasteiger charge is -2.36. The van der Waals surface area contributed by atoms with Crippen LogP contribution in [0.2, 0.25) is 0 Å². The molecule has 0 radical (unpaired) electrons. The molecule has 0 spiro atoms. The first-order chi connectivity index (χ1) is 13.7. The molecule has 2 aliphatic rings. The van der Waals surface area contributed by atoms with E-state index in [4.69, 9.17) is 10.5 Å². The zero-order valence-corrected chi connectivity index (χ0v) is 16.2. The number of aromatic nitrogens is 2. The quantitative estimate of drug-likeness (QED) is 0.705. The number of hydrogen-bond donors (Lipinski definition) is 2. The Morgan fingerprint density at radius 2 is 1.86 bits per heavy atom. The van der Waals surface area contributed by atoms with Crippen LogP contribution in [0.1, 0.15) is 31.7 Å². The maximum Gasteiger partial charge on any atom is 0.419 e. The molecule has 11 heteroatoms. The number of anilines is 1. The van der Waals surface area contributed by atoms with E-state index in [2.05, 4.69) is 9.97 Å². The van der Waals surface area contributed by atoms with Crippen molar-refractivity contribution in [2.45, 2.75) is 56.7 Å². The molecule has 29 heavy (non-hydrogen) atoms. The first-order valence-electron chi connectivity index (χ1n) is 9.66. The molecular weight excluding hydrogens is 391 g/mol. The van der Waals surface area contributed by atoms with Gasteiger partial charge >= 0.3 is 6.18 Å². The highest BCUT2D eigenvalue weighted by atomic mass is 19.4. The normalized spacial score (nSPS) is 23.5. The third-order valence-corrected chi connectivity index (χ3v) is 5.45. The van der Waals surface area contributed by atoms with Gasteiger partial charge in [0.25, 0.3) is 5.91 Å². The summed E-state index contributed by atoms with van der Waals surface area (Å²) in [4.78, 5) is 23.9. The van der Waals surface area contributed by atoms with E-state index >= 15 is 0 Å². The maximum atomic E-state index is 12.6. The van der Waals surface area contributed by atoms with Crippen molar-refractivity contribution >= 4 is 11.9 Å². The van der Waals surface area contributed by atoms with Crippen LogP contribution in [0.25, 0.3) is 0 Å². The summed E-state index contributed by atoms with van der Waals surface area (Å²) in [5.41, 5.74) is 4.87. The lowest BCUT2D eigenvalue weighted by Crippen LogP contribution is -2.47. The fraction of sp³-hybridized carbons (Fsp3) is 0.722. The van der Waals surface area contributed by atoms with Gasteiger partial charge in [0.1, 0.15) is 6.10 Å². The highest BCUT2D eigenvalue weighted by molar-refractivity contribution is 5.83. The zero-order chi connectivity index (χ0) is 21.2. The Balaban J connectivity index is 1.50. The molecule has 3 atom stereocenters. The highest BCUT2D eigenvalue weighted by Gasteiger charge is 2.38. The Kier molecular flexibility index (Phi) is 6.59. The third kappa shape index (κ3) is 5.14. The molecule has 2 aliphatic heterocycles. The first kappa shape index (κ1) is 21.7.